The number of ketones is 1. The molecule has 0 radical (unpaired) electrons. The molecule has 1 rings (SSSR count). The van der Waals surface area contributed by atoms with Gasteiger partial charge >= 0.3 is 0 Å². The molecular formula is C14H20BrNO2. The van der Waals surface area contributed by atoms with E-state index in [0.717, 1.165) is 22.3 Å². The molecule has 0 aliphatic rings. The van der Waals surface area contributed by atoms with E-state index in [4.69, 9.17) is 4.74 Å². The normalized spacial score (nSPS) is 10.8. The number of carbonyl (C=O) groups is 1. The molecule has 18 heavy (non-hydrogen) atoms. The first kappa shape index (κ1) is 15.2. The molecule has 0 aliphatic heterocycles. The lowest BCUT2D eigenvalue weighted by Crippen LogP contribution is -2.34. The van der Waals surface area contributed by atoms with Crippen molar-refractivity contribution in [3.8, 4) is 0 Å². The number of hydrogen-bond acceptors (Lipinski definition) is 3. The summed E-state index contributed by atoms with van der Waals surface area (Å²) in [6, 6.07) is 6.07. The average molecular weight is 314 g/mol. The summed E-state index contributed by atoms with van der Waals surface area (Å²) in [6.07, 6.45) is 0. The van der Waals surface area contributed by atoms with Crippen molar-refractivity contribution in [1.82, 2.24) is 0 Å². The van der Waals surface area contributed by atoms with Crippen molar-refractivity contribution in [3.63, 3.8) is 0 Å². The predicted molar refractivity (Wildman–Crippen MR) is 78.5 cm³/mol. The highest BCUT2D eigenvalue weighted by Gasteiger charge is 2.16. The first-order chi connectivity index (χ1) is 8.47. The van der Waals surface area contributed by atoms with Gasteiger partial charge in [0.1, 0.15) is 0 Å². The monoisotopic (exact) mass is 313 g/mol. The number of halogens is 1. The Morgan fingerprint density at radius 2 is 2.11 bits per heavy atom. The standard InChI is InChI=1S/C14H20BrNO2/c1-10(2)16(7-8-18-4)14-9-12(15)5-6-13(14)11(3)17/h5-6,9-10H,7-8H2,1-4H3. The van der Waals surface area contributed by atoms with Crippen LogP contribution < -0.4 is 4.90 Å². The molecular weight excluding hydrogens is 294 g/mol. The van der Waals surface area contributed by atoms with Crippen molar-refractivity contribution in [1.29, 1.82) is 0 Å². The van der Waals surface area contributed by atoms with E-state index < -0.39 is 0 Å². The summed E-state index contributed by atoms with van der Waals surface area (Å²) >= 11 is 3.46. The van der Waals surface area contributed by atoms with E-state index in [0.29, 0.717) is 12.6 Å². The Balaban J connectivity index is 3.16. The molecule has 0 amide bonds. The molecule has 0 N–H and O–H groups in total. The number of anilines is 1. The minimum atomic E-state index is 0.0839. The van der Waals surface area contributed by atoms with Crippen LogP contribution in [0.15, 0.2) is 22.7 Å². The molecule has 3 nitrogen and oxygen atoms in total. The highest BCUT2D eigenvalue weighted by Crippen LogP contribution is 2.27. The van der Waals surface area contributed by atoms with Crippen molar-refractivity contribution < 1.29 is 9.53 Å². The van der Waals surface area contributed by atoms with Gasteiger partial charge in [0.25, 0.3) is 0 Å². The van der Waals surface area contributed by atoms with E-state index in [1.54, 1.807) is 14.0 Å². The Morgan fingerprint density at radius 1 is 1.44 bits per heavy atom. The summed E-state index contributed by atoms with van der Waals surface area (Å²) in [4.78, 5) is 13.9. The van der Waals surface area contributed by atoms with Crippen LogP contribution >= 0.6 is 15.9 Å². The third kappa shape index (κ3) is 3.82. The quantitative estimate of drug-likeness (QED) is 0.753. The van der Waals surface area contributed by atoms with E-state index in [9.17, 15) is 4.79 Å². The fourth-order valence-electron chi connectivity index (χ4n) is 1.89. The van der Waals surface area contributed by atoms with Crippen LogP contribution in [0.3, 0.4) is 0 Å². The molecule has 0 aromatic heterocycles. The van der Waals surface area contributed by atoms with E-state index in [-0.39, 0.29) is 5.78 Å². The molecule has 1 aromatic rings. The van der Waals surface area contributed by atoms with Crippen LogP contribution in [0.25, 0.3) is 0 Å². The maximum Gasteiger partial charge on any atom is 0.161 e. The smallest absolute Gasteiger partial charge is 0.161 e. The number of Topliss-reactive ketones (excluding diaryl/α,β-unsaturated/α-hetero) is 1. The van der Waals surface area contributed by atoms with Crippen molar-refractivity contribution in [2.24, 2.45) is 0 Å². The Morgan fingerprint density at radius 3 is 2.61 bits per heavy atom. The Bertz CT molecular complexity index is 418. The maximum absolute atomic E-state index is 11.7. The molecule has 0 saturated carbocycles. The number of benzene rings is 1. The number of nitrogens with zero attached hydrogens (tertiary/aromatic N) is 1. The second-order valence-corrected chi connectivity index (χ2v) is 5.41. The summed E-state index contributed by atoms with van der Waals surface area (Å²) in [5.41, 5.74) is 1.71. The number of hydrogen-bond donors (Lipinski definition) is 0. The van der Waals surface area contributed by atoms with Crippen LogP contribution in [-0.2, 0) is 4.74 Å². The highest BCUT2D eigenvalue weighted by molar-refractivity contribution is 9.10. The van der Waals surface area contributed by atoms with Crippen LogP contribution in [0.2, 0.25) is 0 Å². The first-order valence-corrected chi connectivity index (χ1v) is 6.82. The molecule has 100 valence electrons. The van der Waals surface area contributed by atoms with Crippen LogP contribution in [0.4, 0.5) is 5.69 Å². The van der Waals surface area contributed by atoms with E-state index in [2.05, 4.69) is 34.7 Å². The zero-order valence-electron chi connectivity index (χ0n) is 11.4. The molecule has 4 heteroatoms. The van der Waals surface area contributed by atoms with E-state index in [1.807, 2.05) is 18.2 Å². The van der Waals surface area contributed by atoms with Gasteiger partial charge in [0.2, 0.25) is 0 Å². The lowest BCUT2D eigenvalue weighted by atomic mass is 10.1. The third-order valence-electron chi connectivity index (χ3n) is 2.81. The molecule has 0 saturated heterocycles. The van der Waals surface area contributed by atoms with Crippen molar-refractivity contribution in [3.05, 3.63) is 28.2 Å². The molecule has 0 heterocycles. The largest absolute Gasteiger partial charge is 0.383 e. The van der Waals surface area contributed by atoms with Crippen molar-refractivity contribution >= 4 is 27.4 Å². The van der Waals surface area contributed by atoms with Crippen LogP contribution in [0, 0.1) is 0 Å². The Labute approximate surface area is 117 Å². The SMILES string of the molecule is COCCN(c1cc(Br)ccc1C(C)=O)C(C)C. The van der Waals surface area contributed by atoms with Gasteiger partial charge in [-0.05, 0) is 39.0 Å². The molecule has 0 bridgehead atoms. The van der Waals surface area contributed by atoms with Gasteiger partial charge in [-0.25, -0.2) is 0 Å². The number of carbonyl (C=O) groups excluding carboxylic acids is 1. The van der Waals surface area contributed by atoms with Gasteiger partial charge in [-0.15, -0.1) is 0 Å². The molecule has 0 unspecified atom stereocenters. The van der Waals surface area contributed by atoms with Gasteiger partial charge in [-0.2, -0.15) is 0 Å². The lowest BCUT2D eigenvalue weighted by molar-refractivity contribution is 0.101. The molecule has 1 aromatic carbocycles. The molecule has 0 spiro atoms. The van der Waals surface area contributed by atoms with E-state index >= 15 is 0 Å². The summed E-state index contributed by atoms with van der Waals surface area (Å²) in [5.74, 6) is 0.0839. The van der Waals surface area contributed by atoms with Gasteiger partial charge < -0.3 is 9.64 Å². The first-order valence-electron chi connectivity index (χ1n) is 6.03. The Kier molecular flexibility index (Phi) is 5.82. The molecule has 0 atom stereocenters. The van der Waals surface area contributed by atoms with Gasteiger partial charge in [0.15, 0.2) is 5.78 Å². The zero-order valence-corrected chi connectivity index (χ0v) is 13.0. The van der Waals surface area contributed by atoms with Gasteiger partial charge in [0.05, 0.1) is 6.61 Å². The topological polar surface area (TPSA) is 29.5 Å². The number of methoxy groups -OCH3 is 1. The molecule has 0 aliphatic carbocycles. The summed E-state index contributed by atoms with van der Waals surface area (Å²) in [5, 5.41) is 0. The predicted octanol–water partition coefficient (Wildman–Crippen LogP) is 3.51. The van der Waals surface area contributed by atoms with Crippen LogP contribution in [-0.4, -0.2) is 32.1 Å². The lowest BCUT2D eigenvalue weighted by Gasteiger charge is -2.30. The number of ether oxygens (including phenoxy) is 1. The fourth-order valence-corrected chi connectivity index (χ4v) is 2.24. The minimum absolute atomic E-state index is 0.0839. The summed E-state index contributed by atoms with van der Waals surface area (Å²) in [7, 11) is 1.69. The van der Waals surface area contributed by atoms with Crippen molar-refractivity contribution in [2.75, 3.05) is 25.2 Å². The van der Waals surface area contributed by atoms with E-state index in [1.165, 1.54) is 0 Å². The van der Waals surface area contributed by atoms with Crippen molar-refractivity contribution in [2.45, 2.75) is 26.8 Å². The Hall–Kier alpha value is -0.870. The second-order valence-electron chi connectivity index (χ2n) is 4.50. The zero-order chi connectivity index (χ0) is 13.7. The van der Waals surface area contributed by atoms with Gasteiger partial charge in [0, 0.05) is 35.4 Å². The van der Waals surface area contributed by atoms with Crippen LogP contribution in [0.1, 0.15) is 31.1 Å². The highest BCUT2D eigenvalue weighted by atomic mass is 79.9. The molecule has 0 fully saturated rings. The third-order valence-corrected chi connectivity index (χ3v) is 3.30. The fraction of sp³-hybridized carbons (Fsp3) is 0.500. The van der Waals surface area contributed by atoms with Gasteiger partial charge in [-0.1, -0.05) is 15.9 Å². The van der Waals surface area contributed by atoms with Crippen LogP contribution in [0.5, 0.6) is 0 Å². The van der Waals surface area contributed by atoms with Gasteiger partial charge in [-0.3, -0.25) is 4.79 Å². The minimum Gasteiger partial charge on any atom is -0.383 e. The number of rotatable bonds is 6. The maximum atomic E-state index is 11.7. The average Bonchev–Trinajstić information content (AvgIpc) is 2.28. The second kappa shape index (κ2) is 6.90. The summed E-state index contributed by atoms with van der Waals surface area (Å²) < 4.78 is 6.11. The summed E-state index contributed by atoms with van der Waals surface area (Å²) in [6.45, 7) is 7.23.